The Balaban J connectivity index is 2.04. The van der Waals surface area contributed by atoms with E-state index in [9.17, 15) is 10.2 Å². The van der Waals surface area contributed by atoms with Crippen LogP contribution in [0.2, 0.25) is 0 Å². The normalized spacial score (nSPS) is 22.9. The molecule has 2 atom stereocenters. The molecule has 0 aromatic heterocycles. The highest BCUT2D eigenvalue weighted by atomic mass is 16.3. The molecule has 0 radical (unpaired) electrons. The van der Waals surface area contributed by atoms with Gasteiger partial charge in [-0.1, -0.05) is 23.8 Å². The van der Waals surface area contributed by atoms with Crippen LogP contribution in [0.5, 0.6) is 0 Å². The average molecular weight is 235 g/mol. The minimum absolute atomic E-state index is 0.221. The SMILES string of the molecule is Cc1ccc(C)c([C@H](O)CN2CC[C@@H](O)C2)c1. The lowest BCUT2D eigenvalue weighted by Gasteiger charge is -2.21. The molecule has 0 unspecified atom stereocenters. The second kappa shape index (κ2) is 5.17. The van der Waals surface area contributed by atoms with Crippen LogP contribution in [0.15, 0.2) is 18.2 Å². The van der Waals surface area contributed by atoms with Gasteiger partial charge in [-0.2, -0.15) is 0 Å². The van der Waals surface area contributed by atoms with Crippen LogP contribution in [-0.4, -0.2) is 40.9 Å². The van der Waals surface area contributed by atoms with Crippen LogP contribution in [-0.2, 0) is 0 Å². The summed E-state index contributed by atoms with van der Waals surface area (Å²) in [5.74, 6) is 0. The van der Waals surface area contributed by atoms with Crippen LogP contribution in [0, 0.1) is 13.8 Å². The third-order valence-corrected chi connectivity index (χ3v) is 3.47. The molecule has 1 aliphatic rings. The van der Waals surface area contributed by atoms with Gasteiger partial charge in [0.2, 0.25) is 0 Å². The Bertz CT molecular complexity index is 392. The summed E-state index contributed by atoms with van der Waals surface area (Å²) >= 11 is 0. The molecule has 3 nitrogen and oxygen atoms in total. The molecule has 17 heavy (non-hydrogen) atoms. The summed E-state index contributed by atoms with van der Waals surface area (Å²) in [6.07, 6.45) is 0.139. The van der Waals surface area contributed by atoms with Crippen molar-refractivity contribution in [2.24, 2.45) is 0 Å². The average Bonchev–Trinajstić information content (AvgIpc) is 2.67. The molecule has 94 valence electrons. The van der Waals surface area contributed by atoms with Gasteiger partial charge in [0.05, 0.1) is 12.2 Å². The first kappa shape index (κ1) is 12.6. The number of likely N-dealkylation sites (tertiary alicyclic amines) is 1. The number of hydrogen-bond donors (Lipinski definition) is 2. The number of hydrogen-bond acceptors (Lipinski definition) is 3. The van der Waals surface area contributed by atoms with Crippen LogP contribution >= 0.6 is 0 Å². The number of nitrogens with zero attached hydrogens (tertiary/aromatic N) is 1. The van der Waals surface area contributed by atoms with E-state index in [1.165, 1.54) is 5.56 Å². The molecule has 1 saturated heterocycles. The number of β-amino-alcohol motifs (C(OH)–C–C–N with tert-alkyl or cyclic N) is 2. The van der Waals surface area contributed by atoms with Crippen molar-refractivity contribution in [3.8, 4) is 0 Å². The van der Waals surface area contributed by atoms with Gasteiger partial charge in [0.1, 0.15) is 0 Å². The summed E-state index contributed by atoms with van der Waals surface area (Å²) in [6.45, 7) is 6.23. The van der Waals surface area contributed by atoms with E-state index in [1.54, 1.807) is 0 Å². The minimum Gasteiger partial charge on any atom is -0.392 e. The van der Waals surface area contributed by atoms with Crippen molar-refractivity contribution in [1.82, 2.24) is 4.90 Å². The topological polar surface area (TPSA) is 43.7 Å². The lowest BCUT2D eigenvalue weighted by atomic mass is 10.0. The molecule has 0 saturated carbocycles. The number of aliphatic hydroxyl groups excluding tert-OH is 2. The van der Waals surface area contributed by atoms with E-state index in [1.807, 2.05) is 26.0 Å². The van der Waals surface area contributed by atoms with Crippen LogP contribution in [0.4, 0.5) is 0 Å². The molecule has 3 heteroatoms. The number of aryl methyl sites for hydroxylation is 2. The van der Waals surface area contributed by atoms with E-state index < -0.39 is 6.10 Å². The van der Waals surface area contributed by atoms with Gasteiger partial charge in [-0.3, -0.25) is 4.90 Å². The van der Waals surface area contributed by atoms with Crippen molar-refractivity contribution in [3.63, 3.8) is 0 Å². The Labute approximate surface area is 103 Å². The first-order chi connectivity index (χ1) is 8.06. The Morgan fingerprint density at radius 2 is 2.18 bits per heavy atom. The summed E-state index contributed by atoms with van der Waals surface area (Å²) in [5, 5.41) is 19.7. The maximum absolute atomic E-state index is 10.2. The van der Waals surface area contributed by atoms with E-state index >= 15 is 0 Å². The Morgan fingerprint density at radius 3 is 2.82 bits per heavy atom. The zero-order valence-electron chi connectivity index (χ0n) is 10.6. The van der Waals surface area contributed by atoms with Crippen molar-refractivity contribution >= 4 is 0 Å². The quantitative estimate of drug-likeness (QED) is 0.832. The van der Waals surface area contributed by atoms with Gasteiger partial charge >= 0.3 is 0 Å². The van der Waals surface area contributed by atoms with Crippen molar-refractivity contribution in [2.45, 2.75) is 32.5 Å². The predicted molar refractivity (Wildman–Crippen MR) is 67.9 cm³/mol. The molecule has 1 heterocycles. The summed E-state index contributed by atoms with van der Waals surface area (Å²) in [6, 6.07) is 6.16. The maximum atomic E-state index is 10.2. The molecule has 1 fully saturated rings. The van der Waals surface area contributed by atoms with Gasteiger partial charge in [0.25, 0.3) is 0 Å². The van der Waals surface area contributed by atoms with Crippen molar-refractivity contribution in [3.05, 3.63) is 34.9 Å². The van der Waals surface area contributed by atoms with Gasteiger partial charge in [0, 0.05) is 19.6 Å². The third kappa shape index (κ3) is 3.06. The Kier molecular flexibility index (Phi) is 3.82. The highest BCUT2D eigenvalue weighted by molar-refractivity contribution is 5.32. The molecule has 2 rings (SSSR count). The van der Waals surface area contributed by atoms with Crippen molar-refractivity contribution in [2.75, 3.05) is 19.6 Å². The van der Waals surface area contributed by atoms with Crippen LogP contribution in [0.3, 0.4) is 0 Å². The third-order valence-electron chi connectivity index (χ3n) is 3.47. The molecular weight excluding hydrogens is 214 g/mol. The molecule has 0 amide bonds. The van der Waals surface area contributed by atoms with E-state index in [0.29, 0.717) is 13.1 Å². The van der Waals surface area contributed by atoms with Gasteiger partial charge in [-0.15, -0.1) is 0 Å². The summed E-state index contributed by atoms with van der Waals surface area (Å²) in [4.78, 5) is 2.12. The van der Waals surface area contributed by atoms with Crippen LogP contribution in [0.25, 0.3) is 0 Å². The maximum Gasteiger partial charge on any atom is 0.0919 e. The monoisotopic (exact) mass is 235 g/mol. The van der Waals surface area contributed by atoms with Crippen molar-refractivity contribution in [1.29, 1.82) is 0 Å². The molecule has 1 aromatic rings. The van der Waals surface area contributed by atoms with Gasteiger partial charge in [-0.25, -0.2) is 0 Å². The molecule has 2 N–H and O–H groups in total. The smallest absolute Gasteiger partial charge is 0.0919 e. The van der Waals surface area contributed by atoms with Gasteiger partial charge in [-0.05, 0) is 31.4 Å². The van der Waals surface area contributed by atoms with E-state index in [4.69, 9.17) is 0 Å². The summed E-state index contributed by atoms with van der Waals surface area (Å²) < 4.78 is 0. The first-order valence-corrected chi connectivity index (χ1v) is 6.22. The van der Waals surface area contributed by atoms with Crippen molar-refractivity contribution < 1.29 is 10.2 Å². The van der Waals surface area contributed by atoms with Crippen LogP contribution in [0.1, 0.15) is 29.2 Å². The number of rotatable bonds is 3. The first-order valence-electron chi connectivity index (χ1n) is 6.22. The molecule has 1 aromatic carbocycles. The number of aliphatic hydroxyl groups is 2. The summed E-state index contributed by atoms with van der Waals surface area (Å²) in [7, 11) is 0. The molecule has 1 aliphatic heterocycles. The fourth-order valence-corrected chi connectivity index (χ4v) is 2.44. The van der Waals surface area contributed by atoms with E-state index in [0.717, 1.165) is 24.1 Å². The van der Waals surface area contributed by atoms with Crippen LogP contribution < -0.4 is 0 Å². The second-order valence-electron chi connectivity index (χ2n) is 5.08. The highest BCUT2D eigenvalue weighted by Crippen LogP contribution is 2.21. The molecule has 0 spiro atoms. The number of benzene rings is 1. The molecule has 0 aliphatic carbocycles. The minimum atomic E-state index is -0.458. The van der Waals surface area contributed by atoms with Gasteiger partial charge < -0.3 is 10.2 Å². The fraction of sp³-hybridized carbons (Fsp3) is 0.571. The lowest BCUT2D eigenvalue weighted by Crippen LogP contribution is -2.27. The Hall–Kier alpha value is -0.900. The largest absolute Gasteiger partial charge is 0.392 e. The predicted octanol–water partition coefficient (Wildman–Crippen LogP) is 1.40. The van der Waals surface area contributed by atoms with Gasteiger partial charge in [0.15, 0.2) is 0 Å². The fourth-order valence-electron chi connectivity index (χ4n) is 2.44. The Morgan fingerprint density at radius 1 is 1.41 bits per heavy atom. The second-order valence-corrected chi connectivity index (χ2v) is 5.08. The molecular formula is C14H21NO2. The zero-order valence-corrected chi connectivity index (χ0v) is 10.6. The zero-order chi connectivity index (χ0) is 12.4. The summed E-state index contributed by atoms with van der Waals surface area (Å²) in [5.41, 5.74) is 3.31. The van der Waals surface area contributed by atoms with E-state index in [-0.39, 0.29) is 6.10 Å². The highest BCUT2D eigenvalue weighted by Gasteiger charge is 2.23. The van der Waals surface area contributed by atoms with E-state index in [2.05, 4.69) is 11.0 Å². The standard InChI is InChI=1S/C14H21NO2/c1-10-3-4-11(2)13(7-10)14(17)9-15-6-5-12(16)8-15/h3-4,7,12,14,16-17H,5-6,8-9H2,1-2H3/t12-,14-/m1/s1. The molecule has 0 bridgehead atoms. The lowest BCUT2D eigenvalue weighted by molar-refractivity contribution is 0.113.